The van der Waals surface area contributed by atoms with Crippen molar-refractivity contribution in [1.82, 2.24) is 4.90 Å². The van der Waals surface area contributed by atoms with Gasteiger partial charge in [0.05, 0.1) is 6.61 Å². The third kappa shape index (κ3) is 3.30. The SMILES string of the molecule is CCCOc1cc(N)cc(NC2CCN(C)C2=O)c1. The standard InChI is InChI=1S/C14H21N3O2/c1-3-6-19-12-8-10(15)7-11(9-12)16-13-4-5-17(2)14(13)18/h7-9,13,16H,3-6,15H2,1-2H3. The molecule has 1 aromatic rings. The minimum absolute atomic E-state index is 0.124. The van der Waals surface area contributed by atoms with E-state index < -0.39 is 0 Å². The molecule has 104 valence electrons. The van der Waals surface area contributed by atoms with E-state index in [1.165, 1.54) is 0 Å². The molecule has 19 heavy (non-hydrogen) atoms. The molecule has 0 saturated carbocycles. The molecule has 0 radical (unpaired) electrons. The third-order valence-corrected chi connectivity index (χ3v) is 3.17. The predicted molar refractivity (Wildman–Crippen MR) is 76.3 cm³/mol. The number of hydrogen-bond donors (Lipinski definition) is 2. The monoisotopic (exact) mass is 263 g/mol. The van der Waals surface area contributed by atoms with Crippen molar-refractivity contribution in [3.63, 3.8) is 0 Å². The molecule has 0 bridgehead atoms. The molecule has 1 aliphatic rings. The van der Waals surface area contributed by atoms with Gasteiger partial charge in [0.1, 0.15) is 11.8 Å². The highest BCUT2D eigenvalue weighted by molar-refractivity contribution is 5.86. The average molecular weight is 263 g/mol. The number of nitrogens with two attached hydrogens (primary N) is 1. The lowest BCUT2D eigenvalue weighted by Crippen LogP contribution is -2.30. The van der Waals surface area contributed by atoms with Gasteiger partial charge in [-0.2, -0.15) is 0 Å². The van der Waals surface area contributed by atoms with Gasteiger partial charge in [-0.15, -0.1) is 0 Å². The van der Waals surface area contributed by atoms with Crippen molar-refractivity contribution in [2.45, 2.75) is 25.8 Å². The smallest absolute Gasteiger partial charge is 0.244 e. The normalized spacial score (nSPS) is 18.7. The molecule has 0 aliphatic carbocycles. The Kier molecular flexibility index (Phi) is 4.14. The zero-order chi connectivity index (χ0) is 13.8. The Balaban J connectivity index is 2.07. The van der Waals surface area contributed by atoms with E-state index in [-0.39, 0.29) is 11.9 Å². The maximum absolute atomic E-state index is 11.9. The van der Waals surface area contributed by atoms with Crippen LogP contribution in [-0.2, 0) is 4.79 Å². The second kappa shape index (κ2) is 5.82. The van der Waals surface area contributed by atoms with Crippen LogP contribution in [0.4, 0.5) is 11.4 Å². The number of nitrogens with zero attached hydrogens (tertiary/aromatic N) is 1. The van der Waals surface area contributed by atoms with Crippen LogP contribution in [0.2, 0.25) is 0 Å². The number of rotatable bonds is 5. The van der Waals surface area contributed by atoms with Gasteiger partial charge in [0.25, 0.3) is 0 Å². The summed E-state index contributed by atoms with van der Waals surface area (Å²) in [5, 5.41) is 3.23. The number of ether oxygens (including phenoxy) is 1. The van der Waals surface area contributed by atoms with Crippen molar-refractivity contribution in [2.24, 2.45) is 0 Å². The van der Waals surface area contributed by atoms with Gasteiger partial charge < -0.3 is 20.7 Å². The Morgan fingerprint density at radius 2 is 2.26 bits per heavy atom. The van der Waals surface area contributed by atoms with E-state index in [2.05, 4.69) is 12.2 Å². The van der Waals surface area contributed by atoms with Crippen molar-refractivity contribution in [1.29, 1.82) is 0 Å². The second-order valence-corrected chi connectivity index (χ2v) is 4.88. The summed E-state index contributed by atoms with van der Waals surface area (Å²) < 4.78 is 5.57. The fraction of sp³-hybridized carbons (Fsp3) is 0.500. The summed E-state index contributed by atoms with van der Waals surface area (Å²) in [5.41, 5.74) is 7.32. The zero-order valence-electron chi connectivity index (χ0n) is 11.5. The van der Waals surface area contributed by atoms with E-state index in [4.69, 9.17) is 10.5 Å². The molecule has 1 atom stereocenters. The van der Waals surface area contributed by atoms with Crippen molar-refractivity contribution in [3.05, 3.63) is 18.2 Å². The number of nitrogens with one attached hydrogen (secondary N) is 1. The Labute approximate surface area is 113 Å². The molecular weight excluding hydrogens is 242 g/mol. The van der Waals surface area contributed by atoms with E-state index in [0.29, 0.717) is 12.3 Å². The van der Waals surface area contributed by atoms with Crippen LogP contribution >= 0.6 is 0 Å². The quantitative estimate of drug-likeness (QED) is 0.793. The van der Waals surface area contributed by atoms with Gasteiger partial charge in [0.15, 0.2) is 0 Å². The Morgan fingerprint density at radius 3 is 2.89 bits per heavy atom. The first-order valence-corrected chi connectivity index (χ1v) is 6.65. The number of likely N-dealkylation sites (N-methyl/N-ethyl adjacent to an activating group) is 1. The molecule has 3 N–H and O–H groups in total. The topological polar surface area (TPSA) is 67.6 Å². The van der Waals surface area contributed by atoms with E-state index in [9.17, 15) is 4.79 Å². The van der Waals surface area contributed by atoms with Crippen LogP contribution in [0.5, 0.6) is 5.75 Å². The summed E-state index contributed by atoms with van der Waals surface area (Å²) >= 11 is 0. The number of likely N-dealkylation sites (tertiary alicyclic amines) is 1. The molecule has 1 fully saturated rings. The number of nitrogen functional groups attached to an aromatic ring is 1. The molecule has 1 unspecified atom stereocenters. The molecule has 0 aromatic heterocycles. The maximum atomic E-state index is 11.9. The van der Waals surface area contributed by atoms with Crippen LogP contribution in [-0.4, -0.2) is 37.0 Å². The fourth-order valence-electron chi connectivity index (χ4n) is 2.17. The first-order valence-electron chi connectivity index (χ1n) is 6.65. The summed E-state index contributed by atoms with van der Waals surface area (Å²) in [6.45, 7) is 3.50. The van der Waals surface area contributed by atoms with E-state index in [0.717, 1.165) is 30.8 Å². The lowest BCUT2D eigenvalue weighted by Gasteiger charge is -2.15. The van der Waals surface area contributed by atoms with Crippen LogP contribution in [0, 0.1) is 0 Å². The summed E-state index contributed by atoms with van der Waals surface area (Å²) in [6.07, 6.45) is 1.76. The number of benzene rings is 1. The van der Waals surface area contributed by atoms with Crippen LogP contribution in [0.25, 0.3) is 0 Å². The van der Waals surface area contributed by atoms with E-state index in [1.54, 1.807) is 11.0 Å². The van der Waals surface area contributed by atoms with Gasteiger partial charge in [0.2, 0.25) is 5.91 Å². The average Bonchev–Trinajstić information content (AvgIpc) is 2.68. The van der Waals surface area contributed by atoms with Crippen molar-refractivity contribution < 1.29 is 9.53 Å². The van der Waals surface area contributed by atoms with E-state index >= 15 is 0 Å². The molecule has 5 nitrogen and oxygen atoms in total. The molecule has 0 spiro atoms. The molecule has 1 heterocycles. The van der Waals surface area contributed by atoms with Crippen molar-refractivity contribution in [2.75, 3.05) is 31.2 Å². The molecule has 1 aromatic carbocycles. The minimum Gasteiger partial charge on any atom is -0.493 e. The summed E-state index contributed by atoms with van der Waals surface area (Å²) in [7, 11) is 1.82. The molecule has 1 aliphatic heterocycles. The largest absolute Gasteiger partial charge is 0.493 e. The lowest BCUT2D eigenvalue weighted by atomic mass is 10.2. The second-order valence-electron chi connectivity index (χ2n) is 4.88. The highest BCUT2D eigenvalue weighted by Gasteiger charge is 2.28. The lowest BCUT2D eigenvalue weighted by molar-refractivity contribution is -0.127. The van der Waals surface area contributed by atoms with Gasteiger partial charge in [-0.05, 0) is 18.9 Å². The number of anilines is 2. The predicted octanol–water partition coefficient (Wildman–Crippen LogP) is 1.70. The minimum atomic E-state index is -0.161. The van der Waals surface area contributed by atoms with Crippen molar-refractivity contribution >= 4 is 17.3 Å². The van der Waals surface area contributed by atoms with Gasteiger partial charge in [-0.25, -0.2) is 0 Å². The Bertz CT molecular complexity index is 462. The summed E-state index contributed by atoms with van der Waals surface area (Å²) in [5.74, 6) is 0.863. The van der Waals surface area contributed by atoms with Crippen molar-refractivity contribution in [3.8, 4) is 5.75 Å². The molecule has 5 heteroatoms. The number of amides is 1. The van der Waals surface area contributed by atoms with Gasteiger partial charge in [-0.3, -0.25) is 4.79 Å². The number of carbonyl (C=O) groups is 1. The van der Waals surface area contributed by atoms with E-state index in [1.807, 2.05) is 19.2 Å². The number of hydrogen-bond acceptors (Lipinski definition) is 4. The highest BCUT2D eigenvalue weighted by Crippen LogP contribution is 2.25. The molecule has 1 amide bonds. The molecule has 2 rings (SSSR count). The summed E-state index contributed by atoms with van der Waals surface area (Å²) in [4.78, 5) is 13.6. The third-order valence-electron chi connectivity index (χ3n) is 3.17. The van der Waals surface area contributed by atoms with Gasteiger partial charge in [0, 0.05) is 37.1 Å². The maximum Gasteiger partial charge on any atom is 0.244 e. The fourth-order valence-corrected chi connectivity index (χ4v) is 2.17. The van der Waals surface area contributed by atoms with Gasteiger partial charge in [-0.1, -0.05) is 6.92 Å². The van der Waals surface area contributed by atoms with Crippen LogP contribution < -0.4 is 15.8 Å². The van der Waals surface area contributed by atoms with Crippen LogP contribution in [0.15, 0.2) is 18.2 Å². The Hall–Kier alpha value is -1.91. The molecule has 1 saturated heterocycles. The zero-order valence-corrected chi connectivity index (χ0v) is 11.5. The number of carbonyl (C=O) groups excluding carboxylic acids is 1. The van der Waals surface area contributed by atoms with Crippen LogP contribution in [0.1, 0.15) is 19.8 Å². The first kappa shape index (κ1) is 13.5. The molecular formula is C14H21N3O2. The highest BCUT2D eigenvalue weighted by atomic mass is 16.5. The Morgan fingerprint density at radius 1 is 1.47 bits per heavy atom. The summed E-state index contributed by atoms with van der Waals surface area (Å²) in [6, 6.07) is 5.34. The first-order chi connectivity index (χ1) is 9.10. The van der Waals surface area contributed by atoms with Crippen LogP contribution in [0.3, 0.4) is 0 Å². The van der Waals surface area contributed by atoms with Gasteiger partial charge >= 0.3 is 0 Å².